The van der Waals surface area contributed by atoms with Crippen LogP contribution in [0.15, 0.2) is 24.3 Å². The Balaban J connectivity index is 1.92. The number of piperidine rings is 1. The lowest BCUT2D eigenvalue weighted by atomic mass is 9.88. The lowest BCUT2D eigenvalue weighted by Gasteiger charge is -2.36. The van der Waals surface area contributed by atoms with Crippen LogP contribution >= 0.6 is 0 Å². The number of hydrogen-bond donors (Lipinski definition) is 1. The molecule has 1 N–H and O–H groups in total. The van der Waals surface area contributed by atoms with Gasteiger partial charge in [-0.3, -0.25) is 9.69 Å². The molecule has 0 aliphatic carbocycles. The molecule has 0 amide bonds. The molecule has 1 heterocycles. The van der Waals surface area contributed by atoms with E-state index in [1.807, 2.05) is 24.3 Å². The summed E-state index contributed by atoms with van der Waals surface area (Å²) < 4.78 is 5.15. The zero-order valence-electron chi connectivity index (χ0n) is 12.9. The van der Waals surface area contributed by atoms with Crippen molar-refractivity contribution in [3.8, 4) is 5.75 Å². The average Bonchev–Trinajstić information content (AvgIpc) is 2.53. The van der Waals surface area contributed by atoms with E-state index in [4.69, 9.17) is 4.74 Å². The maximum atomic E-state index is 11.5. The smallest absolute Gasteiger partial charge is 0.320 e. The van der Waals surface area contributed by atoms with Crippen LogP contribution in [-0.4, -0.2) is 42.2 Å². The zero-order chi connectivity index (χ0) is 15.2. The van der Waals surface area contributed by atoms with Gasteiger partial charge in [-0.25, -0.2) is 0 Å². The zero-order valence-corrected chi connectivity index (χ0v) is 12.9. The molecule has 0 bridgehead atoms. The highest BCUT2D eigenvalue weighted by Gasteiger charge is 2.32. The van der Waals surface area contributed by atoms with Gasteiger partial charge in [0.25, 0.3) is 0 Å². The van der Waals surface area contributed by atoms with E-state index in [-0.39, 0.29) is 6.04 Å². The molecular formula is C17H25NO3. The average molecular weight is 291 g/mol. The summed E-state index contributed by atoms with van der Waals surface area (Å²) in [5.41, 5.74) is 1.22. The van der Waals surface area contributed by atoms with E-state index in [0.29, 0.717) is 5.92 Å². The van der Waals surface area contributed by atoms with Gasteiger partial charge in [0.2, 0.25) is 0 Å². The fourth-order valence-electron chi connectivity index (χ4n) is 3.05. The highest BCUT2D eigenvalue weighted by Crippen LogP contribution is 2.25. The minimum Gasteiger partial charge on any atom is -0.497 e. The third-order valence-electron chi connectivity index (χ3n) is 4.53. The first-order valence-electron chi connectivity index (χ1n) is 7.73. The molecule has 0 aromatic heterocycles. The number of aliphatic carboxylic acids is 1. The van der Waals surface area contributed by atoms with Crippen LogP contribution in [-0.2, 0) is 11.2 Å². The summed E-state index contributed by atoms with van der Waals surface area (Å²) in [5, 5.41) is 9.43. The quantitative estimate of drug-likeness (QED) is 0.875. The standard InChI is InChI=1S/C17H25NO3/c1-3-13-8-10-18(16(12-13)17(19)20)11-9-14-4-6-15(21-2)7-5-14/h4-7,13,16H,3,8-12H2,1-2H3,(H,19,20). The molecule has 116 valence electrons. The van der Waals surface area contributed by atoms with E-state index in [1.165, 1.54) is 5.56 Å². The van der Waals surface area contributed by atoms with Gasteiger partial charge in [-0.05, 0) is 49.4 Å². The van der Waals surface area contributed by atoms with Gasteiger partial charge >= 0.3 is 5.97 Å². The number of nitrogens with zero attached hydrogens (tertiary/aromatic N) is 1. The number of rotatable bonds is 6. The van der Waals surface area contributed by atoms with Crippen LogP contribution in [0.4, 0.5) is 0 Å². The molecule has 0 saturated carbocycles. The number of methoxy groups -OCH3 is 1. The van der Waals surface area contributed by atoms with Crippen molar-refractivity contribution in [1.29, 1.82) is 0 Å². The summed E-state index contributed by atoms with van der Waals surface area (Å²) in [5.74, 6) is 0.733. The molecule has 0 spiro atoms. The van der Waals surface area contributed by atoms with Gasteiger partial charge < -0.3 is 9.84 Å². The molecule has 2 atom stereocenters. The number of carboxylic acid groups (broad SMARTS) is 1. The lowest BCUT2D eigenvalue weighted by molar-refractivity contribution is -0.145. The van der Waals surface area contributed by atoms with E-state index >= 15 is 0 Å². The van der Waals surface area contributed by atoms with E-state index in [9.17, 15) is 9.90 Å². The van der Waals surface area contributed by atoms with Gasteiger partial charge in [-0.15, -0.1) is 0 Å². The first-order valence-corrected chi connectivity index (χ1v) is 7.73. The van der Waals surface area contributed by atoms with Crippen molar-refractivity contribution < 1.29 is 14.6 Å². The minimum absolute atomic E-state index is 0.318. The molecule has 1 aliphatic rings. The van der Waals surface area contributed by atoms with Crippen molar-refractivity contribution in [2.24, 2.45) is 5.92 Å². The maximum Gasteiger partial charge on any atom is 0.320 e. The van der Waals surface area contributed by atoms with Crippen LogP contribution in [0.5, 0.6) is 5.75 Å². The highest BCUT2D eigenvalue weighted by molar-refractivity contribution is 5.73. The fraction of sp³-hybridized carbons (Fsp3) is 0.588. The molecule has 1 aromatic carbocycles. The van der Waals surface area contributed by atoms with Crippen molar-refractivity contribution in [2.45, 2.75) is 38.6 Å². The van der Waals surface area contributed by atoms with Gasteiger partial charge in [0.05, 0.1) is 7.11 Å². The Morgan fingerprint density at radius 2 is 2.10 bits per heavy atom. The van der Waals surface area contributed by atoms with Gasteiger partial charge in [-0.1, -0.05) is 25.5 Å². The molecule has 4 nitrogen and oxygen atoms in total. The van der Waals surface area contributed by atoms with Crippen molar-refractivity contribution in [3.05, 3.63) is 29.8 Å². The van der Waals surface area contributed by atoms with Crippen molar-refractivity contribution in [1.82, 2.24) is 4.90 Å². The van der Waals surface area contributed by atoms with Crippen molar-refractivity contribution in [3.63, 3.8) is 0 Å². The Hall–Kier alpha value is -1.55. The first kappa shape index (κ1) is 15.8. The molecule has 1 saturated heterocycles. The number of benzene rings is 1. The van der Waals surface area contributed by atoms with E-state index in [1.54, 1.807) is 7.11 Å². The molecule has 2 rings (SSSR count). The Kier molecular flexibility index (Phi) is 5.62. The number of hydrogen-bond acceptors (Lipinski definition) is 3. The summed E-state index contributed by atoms with van der Waals surface area (Å²) in [4.78, 5) is 13.6. The Bertz CT molecular complexity index is 458. The van der Waals surface area contributed by atoms with Gasteiger partial charge in [0, 0.05) is 6.54 Å². The Morgan fingerprint density at radius 1 is 1.38 bits per heavy atom. The molecule has 0 radical (unpaired) electrons. The number of carboxylic acids is 1. The third kappa shape index (κ3) is 4.21. The Morgan fingerprint density at radius 3 is 2.67 bits per heavy atom. The summed E-state index contributed by atoms with van der Waals surface area (Å²) in [7, 11) is 1.66. The molecule has 21 heavy (non-hydrogen) atoms. The van der Waals surface area contributed by atoms with Crippen LogP contribution < -0.4 is 4.74 Å². The maximum absolute atomic E-state index is 11.5. The minimum atomic E-state index is -0.678. The van der Waals surface area contributed by atoms with E-state index in [2.05, 4.69) is 11.8 Å². The molecular weight excluding hydrogens is 266 g/mol. The number of likely N-dealkylation sites (tertiary alicyclic amines) is 1. The van der Waals surface area contributed by atoms with Crippen LogP contribution in [0, 0.1) is 5.92 Å². The fourth-order valence-corrected chi connectivity index (χ4v) is 3.05. The van der Waals surface area contributed by atoms with Crippen LogP contribution in [0.3, 0.4) is 0 Å². The van der Waals surface area contributed by atoms with Crippen molar-refractivity contribution in [2.75, 3.05) is 20.2 Å². The molecule has 4 heteroatoms. The van der Waals surface area contributed by atoms with Gasteiger partial charge in [0.15, 0.2) is 0 Å². The van der Waals surface area contributed by atoms with Gasteiger partial charge in [0.1, 0.15) is 11.8 Å². The second-order valence-corrected chi connectivity index (χ2v) is 5.79. The summed E-state index contributed by atoms with van der Waals surface area (Å²) in [6.07, 6.45) is 3.86. The highest BCUT2D eigenvalue weighted by atomic mass is 16.5. The topological polar surface area (TPSA) is 49.8 Å². The van der Waals surface area contributed by atoms with Crippen molar-refractivity contribution >= 4 is 5.97 Å². The molecule has 1 aromatic rings. The second kappa shape index (κ2) is 7.46. The number of ether oxygens (including phenoxy) is 1. The van der Waals surface area contributed by atoms with Crippen LogP contribution in [0.25, 0.3) is 0 Å². The SMILES string of the molecule is CCC1CCN(CCc2ccc(OC)cc2)C(C(=O)O)C1. The predicted octanol–water partition coefficient (Wildman–Crippen LogP) is 2.81. The number of carbonyl (C=O) groups is 1. The van der Waals surface area contributed by atoms with Gasteiger partial charge in [-0.2, -0.15) is 0 Å². The van der Waals surface area contributed by atoms with Crippen LogP contribution in [0.1, 0.15) is 31.7 Å². The summed E-state index contributed by atoms with van der Waals surface area (Å²) in [6.45, 7) is 3.85. The summed E-state index contributed by atoms with van der Waals surface area (Å²) >= 11 is 0. The lowest BCUT2D eigenvalue weighted by Crippen LogP contribution is -2.47. The van der Waals surface area contributed by atoms with Crippen LogP contribution in [0.2, 0.25) is 0 Å². The van der Waals surface area contributed by atoms with E-state index in [0.717, 1.165) is 44.5 Å². The molecule has 2 unspecified atom stereocenters. The molecule has 1 aliphatic heterocycles. The summed E-state index contributed by atoms with van der Waals surface area (Å²) in [6, 6.07) is 7.68. The first-order chi connectivity index (χ1) is 10.1. The molecule has 1 fully saturated rings. The second-order valence-electron chi connectivity index (χ2n) is 5.79. The normalized spacial score (nSPS) is 23.0. The monoisotopic (exact) mass is 291 g/mol. The third-order valence-corrected chi connectivity index (χ3v) is 4.53. The largest absolute Gasteiger partial charge is 0.497 e. The van der Waals surface area contributed by atoms with E-state index < -0.39 is 5.97 Å². The predicted molar refractivity (Wildman–Crippen MR) is 82.7 cm³/mol. The Labute approximate surface area is 126 Å².